The van der Waals surface area contributed by atoms with Crippen molar-refractivity contribution in [2.75, 3.05) is 6.00 Å². The molecule has 0 bridgehead atoms. The maximum atomic E-state index is 8.79. The topological polar surface area (TPSA) is 29.4 Å². The Bertz CT molecular complexity index is 23.6. The van der Waals surface area contributed by atoms with E-state index in [4.69, 9.17) is 16.5 Å². The van der Waals surface area contributed by atoms with Gasteiger partial charge in [-0.1, -0.05) is 24.2 Å². The second-order valence-corrected chi connectivity index (χ2v) is 0.488. The van der Waals surface area contributed by atoms with Crippen molar-refractivity contribution in [2.45, 2.75) is 7.43 Å². The highest BCUT2D eigenvalue weighted by molar-refractivity contribution is 6.17. The molecule has 0 aromatic carbocycles. The number of nitrogens with zero attached hydrogens (tertiary/aromatic N) is 1. The van der Waals surface area contributed by atoms with Crippen LogP contribution in [0, 0.1) is 4.91 Å². The molecule has 0 spiro atoms. The van der Waals surface area contributed by atoms with E-state index in [9.17, 15) is 0 Å². The highest BCUT2D eigenvalue weighted by Gasteiger charge is 1.54. The SMILES string of the molecule is C.O=NCCl. The van der Waals surface area contributed by atoms with Crippen LogP contribution in [0.25, 0.3) is 0 Å². The van der Waals surface area contributed by atoms with Gasteiger partial charge in [0.1, 0.15) is 0 Å². The molecular weight excluding hydrogens is 89.5 g/mol. The zero-order valence-electron chi connectivity index (χ0n) is 1.94. The first-order valence-corrected chi connectivity index (χ1v) is 1.30. The highest BCUT2D eigenvalue weighted by atomic mass is 35.5. The number of hydrogen-bond donors (Lipinski definition) is 0. The Labute approximate surface area is 36.1 Å². The molecule has 0 aliphatic carbocycles. The van der Waals surface area contributed by atoms with E-state index in [-0.39, 0.29) is 13.4 Å². The summed E-state index contributed by atoms with van der Waals surface area (Å²) >= 11 is 4.71. The van der Waals surface area contributed by atoms with Gasteiger partial charge in [-0.25, -0.2) is 0 Å². The molecule has 0 unspecified atom stereocenters. The lowest BCUT2D eigenvalue weighted by molar-refractivity contribution is 1.34. The molecule has 0 aromatic heterocycles. The van der Waals surface area contributed by atoms with Crippen LogP contribution in [0.3, 0.4) is 0 Å². The molecule has 0 rings (SSSR count). The van der Waals surface area contributed by atoms with Gasteiger partial charge in [-0.2, -0.15) is 0 Å². The molecule has 0 radical (unpaired) electrons. The molecule has 0 atom stereocenters. The van der Waals surface area contributed by atoms with Gasteiger partial charge >= 0.3 is 0 Å². The lowest BCUT2D eigenvalue weighted by Crippen LogP contribution is -1.45. The van der Waals surface area contributed by atoms with Crippen molar-refractivity contribution in [3.05, 3.63) is 4.91 Å². The Morgan fingerprint density at radius 2 is 2.00 bits per heavy atom. The van der Waals surface area contributed by atoms with Crippen LogP contribution in [-0.4, -0.2) is 6.00 Å². The molecule has 0 amide bonds. The van der Waals surface area contributed by atoms with Gasteiger partial charge in [-0.3, -0.25) is 0 Å². The molecule has 2 nitrogen and oxygen atoms in total. The van der Waals surface area contributed by atoms with Crippen molar-refractivity contribution in [1.29, 1.82) is 0 Å². The van der Waals surface area contributed by atoms with Crippen LogP contribution in [0.5, 0.6) is 0 Å². The lowest BCUT2D eigenvalue weighted by atomic mass is 11.5. The minimum atomic E-state index is -0.139. The molecule has 0 N–H and O–H groups in total. The number of hydrogen-bond acceptors (Lipinski definition) is 2. The molecule has 0 aromatic rings. The summed E-state index contributed by atoms with van der Waals surface area (Å²) < 4.78 is 0. The fourth-order valence-electron chi connectivity index (χ4n) is 0. The van der Waals surface area contributed by atoms with Gasteiger partial charge in [0.2, 0.25) is 0 Å². The first kappa shape index (κ1) is 8.86. The van der Waals surface area contributed by atoms with Crippen molar-refractivity contribution >= 4 is 11.6 Å². The lowest BCUT2D eigenvalue weighted by Gasteiger charge is -1.49. The molecule has 32 valence electrons. The third-order valence-electron chi connectivity index (χ3n) is 0.0488. The molecule has 3 heteroatoms. The largest absolute Gasteiger partial charge is 0.155 e. The summed E-state index contributed by atoms with van der Waals surface area (Å²) in [4.78, 5) is 8.79. The summed E-state index contributed by atoms with van der Waals surface area (Å²) in [5, 5.41) is 2.25. The Hall–Kier alpha value is -0.110. The Kier molecular flexibility index (Phi) is 16.1. The zero-order valence-corrected chi connectivity index (χ0v) is 2.70. The van der Waals surface area contributed by atoms with Crippen LogP contribution in [0.1, 0.15) is 7.43 Å². The molecule has 0 fully saturated rings. The van der Waals surface area contributed by atoms with Gasteiger partial charge in [0, 0.05) is 0 Å². The summed E-state index contributed by atoms with van der Waals surface area (Å²) in [7, 11) is 0. The van der Waals surface area contributed by atoms with Crippen LogP contribution in [0.4, 0.5) is 0 Å². The van der Waals surface area contributed by atoms with Gasteiger partial charge in [0.25, 0.3) is 0 Å². The van der Waals surface area contributed by atoms with Crippen molar-refractivity contribution in [3.8, 4) is 0 Å². The first-order chi connectivity index (χ1) is 1.91. The minimum Gasteiger partial charge on any atom is -0.150 e. The standard InChI is InChI=1S/CH2ClNO.CH4/c2-1-3-4;/h1H2;1H4. The van der Waals surface area contributed by atoms with E-state index < -0.39 is 0 Å². The summed E-state index contributed by atoms with van der Waals surface area (Å²) in [5.41, 5.74) is 0. The van der Waals surface area contributed by atoms with Crippen LogP contribution in [0.15, 0.2) is 5.18 Å². The molecule has 5 heavy (non-hydrogen) atoms. The second kappa shape index (κ2) is 9.10. The summed E-state index contributed by atoms with van der Waals surface area (Å²) in [5.74, 6) is 0. The van der Waals surface area contributed by atoms with Gasteiger partial charge in [0.05, 0.1) is 0 Å². The Balaban J connectivity index is 0. The van der Waals surface area contributed by atoms with Crippen LogP contribution >= 0.6 is 11.6 Å². The quantitative estimate of drug-likeness (QED) is 0.276. The van der Waals surface area contributed by atoms with Crippen molar-refractivity contribution in [2.24, 2.45) is 5.18 Å². The molecule has 0 aliphatic heterocycles. The van der Waals surface area contributed by atoms with E-state index in [1.54, 1.807) is 0 Å². The Morgan fingerprint density at radius 1 is 1.80 bits per heavy atom. The van der Waals surface area contributed by atoms with Crippen LogP contribution in [-0.2, 0) is 0 Å². The van der Waals surface area contributed by atoms with Gasteiger partial charge < -0.3 is 0 Å². The molecule has 0 heterocycles. The average molecular weight is 95.5 g/mol. The van der Waals surface area contributed by atoms with E-state index in [1.807, 2.05) is 0 Å². The summed E-state index contributed by atoms with van der Waals surface area (Å²) in [6.07, 6.45) is 0. The maximum Gasteiger partial charge on any atom is 0.155 e. The van der Waals surface area contributed by atoms with E-state index in [1.165, 1.54) is 0 Å². The van der Waals surface area contributed by atoms with Crippen LogP contribution < -0.4 is 0 Å². The average Bonchev–Trinajstić information content (AvgIpc) is 1.37. The van der Waals surface area contributed by atoms with Crippen LogP contribution in [0.2, 0.25) is 0 Å². The highest BCUT2D eigenvalue weighted by Crippen LogP contribution is 1.67. The Morgan fingerprint density at radius 3 is 2.00 bits per heavy atom. The fraction of sp³-hybridized carbons (Fsp3) is 1.00. The second-order valence-electron chi connectivity index (χ2n) is 0.249. The van der Waals surface area contributed by atoms with Crippen molar-refractivity contribution < 1.29 is 0 Å². The first-order valence-electron chi connectivity index (χ1n) is 0.766. The third kappa shape index (κ3) is 17.5. The maximum absolute atomic E-state index is 8.79. The van der Waals surface area contributed by atoms with E-state index >= 15 is 0 Å². The smallest absolute Gasteiger partial charge is 0.150 e. The van der Waals surface area contributed by atoms with E-state index in [0.717, 1.165) is 0 Å². The van der Waals surface area contributed by atoms with Crippen molar-refractivity contribution in [3.63, 3.8) is 0 Å². The number of alkyl halides is 1. The monoisotopic (exact) mass is 95.0 g/mol. The molecule has 0 saturated heterocycles. The van der Waals surface area contributed by atoms with Gasteiger partial charge in [-0.05, 0) is 0 Å². The van der Waals surface area contributed by atoms with E-state index in [2.05, 4.69) is 5.18 Å². The molecule has 0 aliphatic rings. The minimum absolute atomic E-state index is 0. The number of nitroso groups, excluding NO2 is 1. The van der Waals surface area contributed by atoms with E-state index in [0.29, 0.717) is 0 Å². The summed E-state index contributed by atoms with van der Waals surface area (Å²) in [6, 6.07) is -0.139. The van der Waals surface area contributed by atoms with Gasteiger partial charge in [0.15, 0.2) is 6.00 Å². The number of halogens is 1. The third-order valence-corrected chi connectivity index (χ3v) is 0.146. The predicted molar refractivity (Wildman–Crippen MR) is 23.2 cm³/mol. The zero-order chi connectivity index (χ0) is 3.41. The molecule has 0 saturated carbocycles. The van der Waals surface area contributed by atoms with Crippen molar-refractivity contribution in [1.82, 2.24) is 0 Å². The fourth-order valence-corrected chi connectivity index (χ4v) is 0. The summed E-state index contributed by atoms with van der Waals surface area (Å²) in [6.45, 7) is 0. The molecular formula is C2H6ClNO. The number of rotatable bonds is 1. The van der Waals surface area contributed by atoms with Gasteiger partial charge in [-0.15, -0.1) is 4.91 Å². The normalized spacial score (nSPS) is 5.00. The predicted octanol–water partition coefficient (Wildman–Crippen LogP) is 1.59.